The average Bonchev–Trinajstić information content (AvgIpc) is 2.93. The van der Waals surface area contributed by atoms with Gasteiger partial charge >= 0.3 is 0 Å². The van der Waals surface area contributed by atoms with Crippen LogP contribution < -0.4 is 10.5 Å². The van der Waals surface area contributed by atoms with Crippen molar-refractivity contribution in [3.05, 3.63) is 29.3 Å². The molecule has 0 spiro atoms. The van der Waals surface area contributed by atoms with Crippen LogP contribution in [0.1, 0.15) is 42.9 Å². The van der Waals surface area contributed by atoms with Crippen LogP contribution in [-0.2, 0) is 0 Å². The van der Waals surface area contributed by atoms with Crippen LogP contribution >= 0.6 is 0 Å². The summed E-state index contributed by atoms with van der Waals surface area (Å²) in [5, 5.41) is 0. The lowest BCUT2D eigenvalue weighted by Gasteiger charge is -2.33. The lowest BCUT2D eigenvalue weighted by atomic mass is 10.0. The van der Waals surface area contributed by atoms with E-state index < -0.39 is 0 Å². The van der Waals surface area contributed by atoms with Gasteiger partial charge in [0.2, 0.25) is 0 Å². The van der Waals surface area contributed by atoms with Crippen LogP contribution in [0.4, 0.5) is 0 Å². The Bertz CT molecular complexity index is 413. The number of likely N-dealkylation sites (N-methyl/N-ethyl adjacent to an activating group) is 1. The maximum absolute atomic E-state index is 6.02. The predicted molar refractivity (Wildman–Crippen MR) is 79.5 cm³/mol. The molecule has 1 aromatic rings. The summed E-state index contributed by atoms with van der Waals surface area (Å²) >= 11 is 0. The highest BCUT2D eigenvalue weighted by molar-refractivity contribution is 5.37. The number of methoxy groups -OCH3 is 1. The topological polar surface area (TPSA) is 38.5 Å². The minimum Gasteiger partial charge on any atom is -0.496 e. The van der Waals surface area contributed by atoms with Crippen molar-refractivity contribution < 1.29 is 4.74 Å². The highest BCUT2D eigenvalue weighted by Crippen LogP contribution is 2.31. The first-order valence-corrected chi connectivity index (χ1v) is 7.24. The lowest BCUT2D eigenvalue weighted by Crippen LogP contribution is -2.37. The molecule has 2 N–H and O–H groups in total. The molecule has 106 valence electrons. The molecule has 2 rings (SSSR count). The Morgan fingerprint density at radius 3 is 2.58 bits per heavy atom. The highest BCUT2D eigenvalue weighted by atomic mass is 16.5. The molecule has 0 radical (unpaired) electrons. The summed E-state index contributed by atoms with van der Waals surface area (Å²) in [5.41, 5.74) is 8.50. The van der Waals surface area contributed by atoms with Crippen molar-refractivity contribution in [1.29, 1.82) is 0 Å². The summed E-state index contributed by atoms with van der Waals surface area (Å²) in [5.74, 6) is 0.947. The number of hydrogen-bond donors (Lipinski definition) is 1. The van der Waals surface area contributed by atoms with Gasteiger partial charge in [0.1, 0.15) is 5.75 Å². The highest BCUT2D eigenvalue weighted by Gasteiger charge is 2.26. The smallest absolute Gasteiger partial charge is 0.121 e. The Hall–Kier alpha value is -1.06. The van der Waals surface area contributed by atoms with Crippen LogP contribution in [0.25, 0.3) is 0 Å². The first-order chi connectivity index (χ1) is 9.17. The Morgan fingerprint density at radius 2 is 2.05 bits per heavy atom. The van der Waals surface area contributed by atoms with Crippen LogP contribution in [0.3, 0.4) is 0 Å². The molecular weight excluding hydrogens is 236 g/mol. The summed E-state index contributed by atoms with van der Waals surface area (Å²) in [7, 11) is 3.93. The van der Waals surface area contributed by atoms with E-state index in [0.717, 1.165) is 5.75 Å². The van der Waals surface area contributed by atoms with E-state index in [1.165, 1.54) is 36.8 Å². The second kappa shape index (κ2) is 6.40. The van der Waals surface area contributed by atoms with Crippen molar-refractivity contribution in [1.82, 2.24) is 4.90 Å². The van der Waals surface area contributed by atoms with Crippen molar-refractivity contribution in [3.63, 3.8) is 0 Å². The molecule has 0 saturated heterocycles. The van der Waals surface area contributed by atoms with E-state index in [2.05, 4.69) is 37.1 Å². The first-order valence-electron chi connectivity index (χ1n) is 7.24. The van der Waals surface area contributed by atoms with Gasteiger partial charge in [0.15, 0.2) is 0 Å². The molecule has 1 aliphatic carbocycles. The van der Waals surface area contributed by atoms with Gasteiger partial charge in [0, 0.05) is 18.6 Å². The van der Waals surface area contributed by atoms with Crippen LogP contribution in [0.2, 0.25) is 0 Å². The zero-order valence-electron chi connectivity index (χ0n) is 12.4. The number of aryl methyl sites for hydroxylation is 1. The van der Waals surface area contributed by atoms with Crippen LogP contribution in [-0.4, -0.2) is 31.6 Å². The zero-order chi connectivity index (χ0) is 13.8. The average molecular weight is 262 g/mol. The molecular formula is C16H26N2O. The van der Waals surface area contributed by atoms with E-state index in [0.29, 0.717) is 18.6 Å². The molecule has 1 fully saturated rings. The largest absolute Gasteiger partial charge is 0.496 e. The minimum atomic E-state index is 0.313. The van der Waals surface area contributed by atoms with Gasteiger partial charge in [-0.25, -0.2) is 0 Å². The predicted octanol–water partition coefficient (Wildman–Crippen LogP) is 2.88. The van der Waals surface area contributed by atoms with Crippen molar-refractivity contribution in [2.24, 2.45) is 5.73 Å². The molecule has 19 heavy (non-hydrogen) atoms. The number of hydrogen-bond acceptors (Lipinski definition) is 3. The van der Waals surface area contributed by atoms with E-state index in [9.17, 15) is 0 Å². The molecule has 0 aliphatic heterocycles. The molecule has 1 aliphatic rings. The van der Waals surface area contributed by atoms with Crippen molar-refractivity contribution in [2.75, 3.05) is 20.7 Å². The van der Waals surface area contributed by atoms with Gasteiger partial charge in [-0.15, -0.1) is 0 Å². The normalized spacial score (nSPS) is 17.9. The van der Waals surface area contributed by atoms with Gasteiger partial charge in [0.05, 0.1) is 7.11 Å². The molecule has 1 saturated carbocycles. The summed E-state index contributed by atoms with van der Waals surface area (Å²) in [6, 6.07) is 7.41. The molecule has 3 heteroatoms. The molecule has 1 unspecified atom stereocenters. The Balaban J connectivity index is 2.18. The third-order valence-electron chi connectivity index (χ3n) is 4.42. The Kier molecular flexibility index (Phi) is 4.83. The van der Waals surface area contributed by atoms with Crippen LogP contribution in [0.15, 0.2) is 18.2 Å². The molecule has 0 aromatic heterocycles. The van der Waals surface area contributed by atoms with E-state index in [1.807, 2.05) is 0 Å². The van der Waals surface area contributed by atoms with E-state index in [1.54, 1.807) is 7.11 Å². The maximum Gasteiger partial charge on any atom is 0.121 e. The Morgan fingerprint density at radius 1 is 1.37 bits per heavy atom. The van der Waals surface area contributed by atoms with E-state index in [4.69, 9.17) is 10.5 Å². The number of benzene rings is 1. The molecule has 0 heterocycles. The fourth-order valence-corrected chi connectivity index (χ4v) is 3.21. The quantitative estimate of drug-likeness (QED) is 0.886. The zero-order valence-corrected chi connectivity index (χ0v) is 12.4. The minimum absolute atomic E-state index is 0.313. The van der Waals surface area contributed by atoms with Crippen LogP contribution in [0, 0.1) is 6.92 Å². The third kappa shape index (κ3) is 3.10. The van der Waals surface area contributed by atoms with Gasteiger partial charge in [0.25, 0.3) is 0 Å². The molecule has 0 amide bonds. The second-order valence-electron chi connectivity index (χ2n) is 5.58. The molecule has 1 atom stereocenters. The van der Waals surface area contributed by atoms with Crippen molar-refractivity contribution in [2.45, 2.75) is 44.7 Å². The third-order valence-corrected chi connectivity index (χ3v) is 4.42. The Labute approximate surface area is 116 Å². The van der Waals surface area contributed by atoms with Gasteiger partial charge in [-0.2, -0.15) is 0 Å². The molecule has 3 nitrogen and oxygen atoms in total. The number of rotatable bonds is 5. The first kappa shape index (κ1) is 14.4. The van der Waals surface area contributed by atoms with Gasteiger partial charge in [-0.05, 0) is 44.0 Å². The van der Waals surface area contributed by atoms with Gasteiger partial charge in [-0.3, -0.25) is 4.90 Å². The standard InChI is InChI=1S/C16H26N2O/c1-12-10-13(8-9-16(12)19-3)15(11-17)18(2)14-6-4-5-7-14/h8-10,14-15H,4-7,11,17H2,1-3H3. The fourth-order valence-electron chi connectivity index (χ4n) is 3.21. The maximum atomic E-state index is 6.02. The van der Waals surface area contributed by atoms with Gasteiger partial charge in [-0.1, -0.05) is 25.0 Å². The van der Waals surface area contributed by atoms with Crippen molar-refractivity contribution in [3.8, 4) is 5.75 Å². The second-order valence-corrected chi connectivity index (χ2v) is 5.58. The molecule has 0 bridgehead atoms. The SMILES string of the molecule is COc1ccc(C(CN)N(C)C2CCCC2)cc1C. The monoisotopic (exact) mass is 262 g/mol. The summed E-state index contributed by atoms with van der Waals surface area (Å²) < 4.78 is 5.33. The summed E-state index contributed by atoms with van der Waals surface area (Å²) in [6.45, 7) is 2.75. The van der Waals surface area contributed by atoms with Crippen LogP contribution in [0.5, 0.6) is 5.75 Å². The summed E-state index contributed by atoms with van der Waals surface area (Å²) in [6.07, 6.45) is 5.33. The van der Waals surface area contributed by atoms with E-state index >= 15 is 0 Å². The molecule has 1 aromatic carbocycles. The van der Waals surface area contributed by atoms with Gasteiger partial charge < -0.3 is 10.5 Å². The summed E-state index contributed by atoms with van der Waals surface area (Å²) in [4.78, 5) is 2.47. The lowest BCUT2D eigenvalue weighted by molar-refractivity contribution is 0.179. The van der Waals surface area contributed by atoms with E-state index in [-0.39, 0.29) is 0 Å². The number of nitrogens with zero attached hydrogens (tertiary/aromatic N) is 1. The number of ether oxygens (including phenoxy) is 1. The van der Waals surface area contributed by atoms with Crippen molar-refractivity contribution >= 4 is 0 Å². The number of nitrogens with two attached hydrogens (primary N) is 1. The fraction of sp³-hybridized carbons (Fsp3) is 0.625.